The molecule has 49 heavy (non-hydrogen) atoms. The molecule has 0 aliphatic carbocycles. The van der Waals surface area contributed by atoms with Crippen molar-refractivity contribution in [3.8, 4) is 45.3 Å². The predicted octanol–water partition coefficient (Wildman–Crippen LogP) is 5.49. The van der Waals surface area contributed by atoms with Crippen molar-refractivity contribution in [2.24, 2.45) is 5.41 Å². The normalized spacial score (nSPS) is 18.3. The van der Waals surface area contributed by atoms with Crippen LogP contribution in [0.1, 0.15) is 30.4 Å². The number of hydrogen-bond donors (Lipinski definition) is 3. The highest BCUT2D eigenvalue weighted by molar-refractivity contribution is 6.39. The summed E-state index contributed by atoms with van der Waals surface area (Å²) in [4.78, 5) is 35.0. The summed E-state index contributed by atoms with van der Waals surface area (Å²) in [6.07, 6.45) is 3.74. The number of benzene rings is 2. The molecule has 10 nitrogen and oxygen atoms in total. The number of ether oxygens (including phenoxy) is 2. The van der Waals surface area contributed by atoms with E-state index in [1.54, 1.807) is 20.4 Å². The van der Waals surface area contributed by atoms with E-state index in [2.05, 4.69) is 31.9 Å². The molecular formula is C37H38Cl2N6O4. The minimum Gasteiger partial charge on any atom is -0.496 e. The van der Waals surface area contributed by atoms with E-state index in [1.165, 1.54) is 0 Å². The van der Waals surface area contributed by atoms with E-state index in [9.17, 15) is 9.59 Å². The van der Waals surface area contributed by atoms with Gasteiger partial charge < -0.3 is 25.4 Å². The van der Waals surface area contributed by atoms with Crippen LogP contribution in [0.5, 0.6) is 11.6 Å². The number of halogens is 2. The second kappa shape index (κ2) is 14.0. The molecule has 2 aromatic carbocycles. The van der Waals surface area contributed by atoms with Crippen molar-refractivity contribution < 1.29 is 19.1 Å². The summed E-state index contributed by atoms with van der Waals surface area (Å²) >= 11 is 14.2. The second-order valence-corrected chi connectivity index (χ2v) is 13.9. The molecule has 0 radical (unpaired) electrons. The van der Waals surface area contributed by atoms with Gasteiger partial charge in [-0.05, 0) is 24.6 Å². The minimum atomic E-state index is 0.0699. The number of amides is 2. The highest BCUT2D eigenvalue weighted by Crippen LogP contribution is 2.43. The van der Waals surface area contributed by atoms with Gasteiger partial charge in [0.2, 0.25) is 17.7 Å². The quantitative estimate of drug-likeness (QED) is 0.188. The number of nitrogens with zero attached hydrogens (tertiary/aromatic N) is 3. The lowest BCUT2D eigenvalue weighted by molar-refractivity contribution is -0.121. The Bertz CT molecular complexity index is 1910. The molecule has 3 aliphatic rings. The molecule has 5 heterocycles. The van der Waals surface area contributed by atoms with E-state index in [4.69, 9.17) is 37.7 Å². The van der Waals surface area contributed by atoms with Crippen LogP contribution in [0.4, 0.5) is 0 Å². The smallest absolute Gasteiger partial charge is 0.220 e. The van der Waals surface area contributed by atoms with Crippen LogP contribution < -0.4 is 25.4 Å². The van der Waals surface area contributed by atoms with Gasteiger partial charge >= 0.3 is 0 Å². The van der Waals surface area contributed by atoms with Crippen molar-refractivity contribution in [2.45, 2.75) is 38.4 Å². The standard InChI is InChI=1S/C37H38Cl2N6O4/c1-48-30-14-22(6-7-24(30)18-45-20-37(21-45)15-32(47)42-19-37)35-34(39)27(12-13-41-35)26-4-3-5-28(33(26)38)29-10-8-23(36(44-29)49-2)16-40-17-25-9-11-31(46)43-25/h3-8,10,12-14,25,40H,9,11,15-21H2,1-2H3,(H,42,47)(H,43,46). The average Bonchev–Trinajstić information content (AvgIpc) is 3.70. The number of carbonyl (C=O) groups excluding carboxylic acids is 2. The topological polar surface area (TPSA) is 118 Å². The summed E-state index contributed by atoms with van der Waals surface area (Å²) in [5.74, 6) is 1.50. The minimum absolute atomic E-state index is 0.0699. The van der Waals surface area contributed by atoms with Gasteiger partial charge in [0.25, 0.3) is 0 Å². The number of carbonyl (C=O) groups is 2. The van der Waals surface area contributed by atoms with E-state index in [-0.39, 0.29) is 23.3 Å². The zero-order chi connectivity index (χ0) is 34.1. The van der Waals surface area contributed by atoms with Crippen molar-refractivity contribution in [3.05, 3.63) is 82.0 Å². The van der Waals surface area contributed by atoms with Gasteiger partial charge in [0, 0.05) is 103 Å². The first-order chi connectivity index (χ1) is 23.8. The summed E-state index contributed by atoms with van der Waals surface area (Å²) in [5.41, 5.74) is 6.42. The molecule has 12 heteroatoms. The summed E-state index contributed by atoms with van der Waals surface area (Å²) in [5, 5.41) is 10.3. The van der Waals surface area contributed by atoms with Crippen molar-refractivity contribution in [1.82, 2.24) is 30.8 Å². The Morgan fingerprint density at radius 1 is 0.959 bits per heavy atom. The summed E-state index contributed by atoms with van der Waals surface area (Å²) in [7, 11) is 3.27. The van der Waals surface area contributed by atoms with E-state index in [1.807, 2.05) is 48.5 Å². The van der Waals surface area contributed by atoms with E-state index in [0.717, 1.165) is 71.7 Å². The molecule has 3 saturated heterocycles. The van der Waals surface area contributed by atoms with Crippen LogP contribution in [0.2, 0.25) is 10.0 Å². The maximum Gasteiger partial charge on any atom is 0.220 e. The predicted molar refractivity (Wildman–Crippen MR) is 190 cm³/mol. The van der Waals surface area contributed by atoms with Crippen molar-refractivity contribution in [1.29, 1.82) is 0 Å². The van der Waals surface area contributed by atoms with Gasteiger partial charge in [0.15, 0.2) is 0 Å². The Kier molecular flexibility index (Phi) is 9.48. The first-order valence-electron chi connectivity index (χ1n) is 16.4. The molecule has 3 fully saturated rings. The van der Waals surface area contributed by atoms with Gasteiger partial charge in [-0.2, -0.15) is 0 Å². The Morgan fingerprint density at radius 3 is 2.49 bits per heavy atom. The second-order valence-electron chi connectivity index (χ2n) is 13.1. The number of nitrogens with one attached hydrogen (secondary N) is 3. The molecule has 0 bridgehead atoms. The van der Waals surface area contributed by atoms with Crippen molar-refractivity contribution in [3.63, 3.8) is 0 Å². The van der Waals surface area contributed by atoms with Gasteiger partial charge in [-0.1, -0.05) is 59.6 Å². The zero-order valence-corrected chi connectivity index (χ0v) is 29.0. The van der Waals surface area contributed by atoms with Crippen LogP contribution in [0.25, 0.3) is 33.6 Å². The van der Waals surface area contributed by atoms with Gasteiger partial charge in [0.1, 0.15) is 5.75 Å². The van der Waals surface area contributed by atoms with E-state index >= 15 is 0 Å². The molecule has 2 amide bonds. The molecule has 254 valence electrons. The van der Waals surface area contributed by atoms with Crippen LogP contribution in [0, 0.1) is 5.41 Å². The molecule has 1 unspecified atom stereocenters. The number of rotatable bonds is 11. The lowest BCUT2D eigenvalue weighted by atomic mass is 9.79. The molecular weight excluding hydrogens is 663 g/mol. The molecule has 1 spiro atoms. The molecule has 4 aromatic rings. The first-order valence-corrected chi connectivity index (χ1v) is 17.2. The van der Waals surface area contributed by atoms with Crippen LogP contribution in [0.15, 0.2) is 60.8 Å². The zero-order valence-electron chi connectivity index (χ0n) is 27.4. The molecule has 3 aliphatic heterocycles. The third kappa shape index (κ3) is 6.83. The van der Waals surface area contributed by atoms with Gasteiger partial charge in [-0.15, -0.1) is 0 Å². The number of aromatic nitrogens is 2. The maximum atomic E-state index is 11.7. The summed E-state index contributed by atoms with van der Waals surface area (Å²) in [6.45, 7) is 4.49. The lowest BCUT2D eigenvalue weighted by Gasteiger charge is -2.47. The lowest BCUT2D eigenvalue weighted by Crippen LogP contribution is -2.56. The number of likely N-dealkylation sites (tertiary alicyclic amines) is 1. The largest absolute Gasteiger partial charge is 0.496 e. The molecule has 3 N–H and O–H groups in total. The van der Waals surface area contributed by atoms with E-state index in [0.29, 0.717) is 53.2 Å². The van der Waals surface area contributed by atoms with Crippen LogP contribution in [-0.2, 0) is 22.7 Å². The molecule has 7 rings (SSSR count). The summed E-state index contributed by atoms with van der Waals surface area (Å²) < 4.78 is 11.5. The fourth-order valence-electron chi connectivity index (χ4n) is 7.19. The Morgan fingerprint density at radius 2 is 1.76 bits per heavy atom. The van der Waals surface area contributed by atoms with Gasteiger partial charge in [-0.25, -0.2) is 4.98 Å². The van der Waals surface area contributed by atoms with Crippen LogP contribution in [0.3, 0.4) is 0 Å². The number of hydrogen-bond acceptors (Lipinski definition) is 8. The van der Waals surface area contributed by atoms with E-state index < -0.39 is 0 Å². The average molecular weight is 702 g/mol. The number of pyridine rings is 2. The Hall–Kier alpha value is -4.22. The van der Waals surface area contributed by atoms with Crippen molar-refractivity contribution in [2.75, 3.05) is 40.4 Å². The van der Waals surface area contributed by atoms with Gasteiger partial charge in [0.05, 0.1) is 35.7 Å². The number of methoxy groups -OCH3 is 2. The fourth-order valence-corrected chi connectivity index (χ4v) is 7.83. The van der Waals surface area contributed by atoms with Crippen LogP contribution in [-0.4, -0.2) is 73.1 Å². The first kappa shape index (κ1) is 33.3. The highest BCUT2D eigenvalue weighted by atomic mass is 35.5. The van der Waals surface area contributed by atoms with Crippen molar-refractivity contribution >= 4 is 35.0 Å². The monoisotopic (exact) mass is 700 g/mol. The molecule has 0 saturated carbocycles. The molecule has 1 atom stereocenters. The highest BCUT2D eigenvalue weighted by Gasteiger charge is 2.47. The third-order valence-electron chi connectivity index (χ3n) is 9.65. The Balaban J connectivity index is 1.10. The molecule has 2 aromatic heterocycles. The van der Waals surface area contributed by atoms with Gasteiger partial charge in [-0.3, -0.25) is 19.5 Å². The SMILES string of the molecule is COc1cc(-c2nccc(-c3cccc(-c4ccc(CNCC5CCC(=O)N5)c(OC)n4)c3Cl)c2Cl)ccc1CN1CC2(CNC(=O)C2)C1. The summed E-state index contributed by atoms with van der Waals surface area (Å²) in [6, 6.07) is 17.7. The third-order valence-corrected chi connectivity index (χ3v) is 10.4. The Labute approximate surface area is 295 Å². The maximum absolute atomic E-state index is 11.7. The fraction of sp³-hybridized carbons (Fsp3) is 0.351. The van der Waals surface area contributed by atoms with Crippen LogP contribution >= 0.6 is 23.2 Å².